The molecule has 0 aliphatic carbocycles. The van der Waals surface area contributed by atoms with Crippen LogP contribution in [0.25, 0.3) is 16.6 Å². The molecular weight excluding hydrogens is 472 g/mol. The van der Waals surface area contributed by atoms with Gasteiger partial charge < -0.3 is 20.6 Å². The number of nitrogens with one attached hydrogen (secondary N) is 1. The third-order valence-corrected chi connectivity index (χ3v) is 6.32. The highest BCUT2D eigenvalue weighted by Crippen LogP contribution is 2.34. The molecule has 0 aliphatic rings. The van der Waals surface area contributed by atoms with Crippen molar-refractivity contribution in [2.24, 2.45) is 0 Å². The molecule has 1 amide bonds. The summed E-state index contributed by atoms with van der Waals surface area (Å²) in [5.74, 6) is -1.98. The Morgan fingerprint density at radius 3 is 2.62 bits per heavy atom. The summed E-state index contributed by atoms with van der Waals surface area (Å²) in [6, 6.07) is 18.7. The normalized spacial score (nSPS) is 12.0. The van der Waals surface area contributed by atoms with Crippen LogP contribution < -0.4 is 10.9 Å². The van der Waals surface area contributed by atoms with Crippen molar-refractivity contribution >= 4 is 22.5 Å². The molecule has 0 bridgehead atoms. The van der Waals surface area contributed by atoms with Crippen LogP contribution in [0.5, 0.6) is 17.4 Å². The maximum absolute atomic E-state index is 13.5. The number of carbonyl (C=O) groups is 1. The summed E-state index contributed by atoms with van der Waals surface area (Å²) in [7, 11) is 0. The van der Waals surface area contributed by atoms with E-state index in [1.165, 1.54) is 16.5 Å². The second-order valence-electron chi connectivity index (χ2n) is 8.68. The predicted octanol–water partition coefficient (Wildman–Crippen LogP) is 3.24. The second kappa shape index (κ2) is 9.98. The summed E-state index contributed by atoms with van der Waals surface area (Å²) < 4.78 is 1.35. The number of hydrogen-bond donors (Lipinski definition) is 4. The van der Waals surface area contributed by atoms with E-state index in [1.807, 2.05) is 24.3 Å². The highest BCUT2D eigenvalue weighted by molar-refractivity contribution is 5.85. The number of amides is 1. The maximum Gasteiger partial charge on any atom is 0.265 e. The largest absolute Gasteiger partial charge is 0.504 e. The Balaban J connectivity index is 1.49. The number of rotatable bonds is 7. The number of benzene rings is 2. The SMILES string of the molecule is O=C(C[C@@H](c1c(O)nc2ccccn2c1=O)c1ccnc2ccccc12)NCCc1ccc(O)c(O)c1. The highest BCUT2D eigenvalue weighted by atomic mass is 16.3. The van der Waals surface area contributed by atoms with E-state index in [0.29, 0.717) is 23.1 Å². The van der Waals surface area contributed by atoms with Gasteiger partial charge in [-0.3, -0.25) is 19.0 Å². The van der Waals surface area contributed by atoms with Crippen LogP contribution in [-0.2, 0) is 11.2 Å². The second-order valence-corrected chi connectivity index (χ2v) is 8.68. The van der Waals surface area contributed by atoms with Crippen molar-refractivity contribution in [2.75, 3.05) is 6.54 Å². The molecule has 0 spiro atoms. The van der Waals surface area contributed by atoms with Crippen molar-refractivity contribution in [3.05, 3.63) is 106 Å². The summed E-state index contributed by atoms with van der Waals surface area (Å²) in [5.41, 5.74) is 1.98. The van der Waals surface area contributed by atoms with Gasteiger partial charge in [-0.2, -0.15) is 4.98 Å². The van der Waals surface area contributed by atoms with Crippen molar-refractivity contribution in [3.63, 3.8) is 0 Å². The zero-order valence-electron chi connectivity index (χ0n) is 19.7. The van der Waals surface area contributed by atoms with E-state index in [4.69, 9.17) is 0 Å². The first kappa shape index (κ1) is 23.8. The molecule has 3 heterocycles. The third-order valence-electron chi connectivity index (χ3n) is 6.32. The minimum atomic E-state index is -0.789. The third kappa shape index (κ3) is 4.79. The number of phenolic OH excluding ortho intramolecular Hbond substituents is 2. The van der Waals surface area contributed by atoms with Gasteiger partial charge in [0.25, 0.3) is 5.56 Å². The van der Waals surface area contributed by atoms with E-state index in [1.54, 1.807) is 42.7 Å². The number of phenols is 2. The molecule has 5 rings (SSSR count). The number of hydrogen-bond acceptors (Lipinski definition) is 7. The number of aromatic hydroxyl groups is 3. The van der Waals surface area contributed by atoms with E-state index in [0.717, 1.165) is 10.9 Å². The van der Waals surface area contributed by atoms with Crippen molar-refractivity contribution in [1.82, 2.24) is 19.7 Å². The van der Waals surface area contributed by atoms with Crippen LogP contribution in [0.1, 0.15) is 29.0 Å². The monoisotopic (exact) mass is 496 g/mol. The summed E-state index contributed by atoms with van der Waals surface area (Å²) >= 11 is 0. The molecule has 1 atom stereocenters. The van der Waals surface area contributed by atoms with Crippen LogP contribution in [0, 0.1) is 0 Å². The first-order valence-corrected chi connectivity index (χ1v) is 11.7. The molecule has 9 nitrogen and oxygen atoms in total. The van der Waals surface area contributed by atoms with E-state index < -0.39 is 17.4 Å². The Kier molecular flexibility index (Phi) is 6.42. The van der Waals surface area contributed by atoms with Gasteiger partial charge in [-0.05, 0) is 53.9 Å². The van der Waals surface area contributed by atoms with Crippen LogP contribution in [0.15, 0.2) is 83.9 Å². The Bertz CT molecular complexity index is 1680. The van der Waals surface area contributed by atoms with Gasteiger partial charge in [-0.25, -0.2) is 0 Å². The standard InChI is InChI=1S/C28H24N4O5/c33-22-9-8-17(15-23(22)34)10-12-30-25(35)16-20(18-11-13-29-21-6-2-1-5-19(18)21)26-27(36)31-24-7-3-4-14-32(24)28(26)37/h1-9,11,13-15,20,33-34,36H,10,12,16H2,(H,30,35)/t20-/m1/s1. The molecule has 9 heteroatoms. The van der Waals surface area contributed by atoms with Crippen LogP contribution >= 0.6 is 0 Å². The lowest BCUT2D eigenvalue weighted by molar-refractivity contribution is -0.121. The molecule has 3 aromatic heterocycles. The van der Waals surface area contributed by atoms with E-state index in [2.05, 4.69) is 15.3 Å². The van der Waals surface area contributed by atoms with Gasteiger partial charge in [0.2, 0.25) is 11.8 Å². The topological polar surface area (TPSA) is 137 Å². The fourth-order valence-corrected chi connectivity index (χ4v) is 4.51. The molecule has 2 aromatic carbocycles. The van der Waals surface area contributed by atoms with Crippen LogP contribution in [-0.4, -0.2) is 42.1 Å². The number of fused-ring (bicyclic) bond motifs is 2. The summed E-state index contributed by atoms with van der Waals surface area (Å²) in [4.78, 5) is 35.2. The summed E-state index contributed by atoms with van der Waals surface area (Å²) in [6.07, 6.45) is 3.50. The van der Waals surface area contributed by atoms with E-state index >= 15 is 0 Å². The Morgan fingerprint density at radius 1 is 0.973 bits per heavy atom. The van der Waals surface area contributed by atoms with Crippen molar-refractivity contribution in [1.29, 1.82) is 0 Å². The van der Waals surface area contributed by atoms with Gasteiger partial charge in [-0.15, -0.1) is 0 Å². The van der Waals surface area contributed by atoms with Gasteiger partial charge in [0.1, 0.15) is 5.65 Å². The van der Waals surface area contributed by atoms with Crippen molar-refractivity contribution in [2.45, 2.75) is 18.8 Å². The first-order valence-electron chi connectivity index (χ1n) is 11.7. The minimum Gasteiger partial charge on any atom is -0.504 e. The molecule has 4 N–H and O–H groups in total. The molecule has 5 aromatic rings. The van der Waals surface area contributed by atoms with Crippen LogP contribution in [0.2, 0.25) is 0 Å². The molecular formula is C28H24N4O5. The smallest absolute Gasteiger partial charge is 0.265 e. The average molecular weight is 497 g/mol. The lowest BCUT2D eigenvalue weighted by atomic mass is 9.87. The molecule has 37 heavy (non-hydrogen) atoms. The number of pyridine rings is 2. The predicted molar refractivity (Wildman–Crippen MR) is 138 cm³/mol. The van der Waals surface area contributed by atoms with Crippen molar-refractivity contribution < 1.29 is 20.1 Å². The fourth-order valence-electron chi connectivity index (χ4n) is 4.51. The van der Waals surface area contributed by atoms with Gasteiger partial charge in [-0.1, -0.05) is 30.3 Å². The van der Waals surface area contributed by atoms with Crippen molar-refractivity contribution in [3.8, 4) is 17.4 Å². The highest BCUT2D eigenvalue weighted by Gasteiger charge is 2.28. The summed E-state index contributed by atoms with van der Waals surface area (Å²) in [5, 5.41) is 33.6. The van der Waals surface area contributed by atoms with Gasteiger partial charge >= 0.3 is 0 Å². The van der Waals surface area contributed by atoms with Gasteiger partial charge in [0.05, 0.1) is 11.1 Å². The summed E-state index contributed by atoms with van der Waals surface area (Å²) in [6.45, 7) is 0.272. The number of para-hydroxylation sites is 1. The molecule has 0 radical (unpaired) electrons. The number of aromatic nitrogens is 3. The lowest BCUT2D eigenvalue weighted by Crippen LogP contribution is -2.30. The van der Waals surface area contributed by atoms with Crippen LogP contribution in [0.3, 0.4) is 0 Å². The van der Waals surface area contributed by atoms with E-state index in [-0.39, 0.29) is 35.9 Å². The minimum absolute atomic E-state index is 0.0265. The Morgan fingerprint density at radius 2 is 1.78 bits per heavy atom. The van der Waals surface area contributed by atoms with E-state index in [9.17, 15) is 24.9 Å². The lowest BCUT2D eigenvalue weighted by Gasteiger charge is -2.20. The molecule has 0 saturated carbocycles. The quantitative estimate of drug-likeness (QED) is 0.254. The molecule has 0 aliphatic heterocycles. The maximum atomic E-state index is 13.5. The Hall–Kier alpha value is -4.92. The zero-order chi connectivity index (χ0) is 25.9. The average Bonchev–Trinajstić information content (AvgIpc) is 2.90. The Labute approximate surface area is 211 Å². The van der Waals surface area contributed by atoms with Crippen LogP contribution in [0.4, 0.5) is 0 Å². The van der Waals surface area contributed by atoms with Gasteiger partial charge in [0, 0.05) is 36.7 Å². The molecule has 0 fully saturated rings. The molecule has 0 saturated heterocycles. The number of carbonyl (C=O) groups excluding carboxylic acids is 1. The first-order chi connectivity index (χ1) is 17.9. The molecule has 0 unspecified atom stereocenters. The number of nitrogens with zero attached hydrogens (tertiary/aromatic N) is 3. The van der Waals surface area contributed by atoms with Gasteiger partial charge in [0.15, 0.2) is 11.5 Å². The fraction of sp³-hybridized carbons (Fsp3) is 0.143. The zero-order valence-corrected chi connectivity index (χ0v) is 19.7. The molecule has 186 valence electrons.